The van der Waals surface area contributed by atoms with Gasteiger partial charge in [-0.3, -0.25) is 4.79 Å². The molecule has 16 heavy (non-hydrogen) atoms. The third-order valence-corrected chi connectivity index (χ3v) is 2.78. The van der Waals surface area contributed by atoms with Gasteiger partial charge >= 0.3 is 0 Å². The van der Waals surface area contributed by atoms with E-state index in [2.05, 4.69) is 11.4 Å². The summed E-state index contributed by atoms with van der Waals surface area (Å²) in [5, 5.41) is 2.71. The number of amides is 1. The molecule has 0 aromatic rings. The summed E-state index contributed by atoms with van der Waals surface area (Å²) in [5.74, 6) is 1.13. The van der Waals surface area contributed by atoms with Gasteiger partial charge in [0, 0.05) is 19.0 Å². The first-order valence-corrected chi connectivity index (χ1v) is 6.07. The van der Waals surface area contributed by atoms with E-state index < -0.39 is 0 Å². The van der Waals surface area contributed by atoms with Crippen LogP contribution < -0.4 is 5.32 Å². The average molecular weight is 223 g/mol. The van der Waals surface area contributed by atoms with Crippen molar-refractivity contribution in [1.29, 1.82) is 0 Å². The molecule has 0 radical (unpaired) electrons. The zero-order chi connectivity index (χ0) is 12.0. The largest absolute Gasteiger partial charge is 0.498 e. The molecule has 2 aliphatic rings. The van der Waals surface area contributed by atoms with Crippen molar-refractivity contribution < 1.29 is 9.53 Å². The Balaban J connectivity index is 0.000000606. The molecular formula is C13H21NO2. The van der Waals surface area contributed by atoms with E-state index in [1.54, 1.807) is 7.05 Å². The molecule has 0 aromatic heterocycles. The molecule has 2 rings (SSSR count). The fourth-order valence-electron chi connectivity index (χ4n) is 2.03. The lowest BCUT2D eigenvalue weighted by Gasteiger charge is -2.28. The zero-order valence-electron chi connectivity index (χ0n) is 10.4. The van der Waals surface area contributed by atoms with Crippen molar-refractivity contribution in [2.24, 2.45) is 5.92 Å². The van der Waals surface area contributed by atoms with Gasteiger partial charge in [-0.1, -0.05) is 26.0 Å². The van der Waals surface area contributed by atoms with Crippen molar-refractivity contribution in [3.63, 3.8) is 0 Å². The molecule has 0 saturated heterocycles. The minimum Gasteiger partial charge on any atom is -0.498 e. The molecule has 0 saturated carbocycles. The van der Waals surface area contributed by atoms with E-state index in [9.17, 15) is 4.79 Å². The van der Waals surface area contributed by atoms with Gasteiger partial charge in [-0.25, -0.2) is 0 Å². The second-order valence-corrected chi connectivity index (χ2v) is 3.62. The van der Waals surface area contributed by atoms with E-state index in [4.69, 9.17) is 4.74 Å². The number of hydrogen-bond acceptors (Lipinski definition) is 2. The number of carbonyl (C=O) groups excluding carboxylic acids is 1. The van der Waals surface area contributed by atoms with E-state index in [-0.39, 0.29) is 11.8 Å². The molecule has 3 heteroatoms. The highest BCUT2D eigenvalue weighted by molar-refractivity contribution is 5.82. The minimum absolute atomic E-state index is 0.000278. The van der Waals surface area contributed by atoms with Crippen LogP contribution in [0.3, 0.4) is 0 Å². The molecular weight excluding hydrogens is 202 g/mol. The molecule has 0 aromatic carbocycles. The maximum absolute atomic E-state index is 11.6. The van der Waals surface area contributed by atoms with Crippen LogP contribution in [-0.2, 0) is 9.53 Å². The number of ether oxygens (including phenoxy) is 1. The second-order valence-electron chi connectivity index (χ2n) is 3.62. The first-order valence-electron chi connectivity index (χ1n) is 6.07. The fourth-order valence-corrected chi connectivity index (χ4v) is 2.03. The van der Waals surface area contributed by atoms with Crippen LogP contribution in [0.1, 0.15) is 33.1 Å². The van der Waals surface area contributed by atoms with Gasteiger partial charge in [0.2, 0.25) is 5.91 Å². The minimum atomic E-state index is 0.000278. The van der Waals surface area contributed by atoms with E-state index in [0.29, 0.717) is 6.61 Å². The number of carbonyl (C=O) groups is 1. The van der Waals surface area contributed by atoms with E-state index in [1.807, 2.05) is 19.9 Å². The second kappa shape index (κ2) is 6.36. The molecule has 1 heterocycles. The molecule has 0 spiro atoms. The summed E-state index contributed by atoms with van der Waals surface area (Å²) < 4.78 is 5.56. The SMILES string of the molecule is CC.CNC(=O)C1CCOC2=C1C=CCC2. The molecule has 1 N–H and O–H groups in total. The highest BCUT2D eigenvalue weighted by Crippen LogP contribution is 2.32. The van der Waals surface area contributed by atoms with E-state index in [0.717, 1.165) is 30.6 Å². The number of allylic oxidation sites excluding steroid dienone is 3. The summed E-state index contributed by atoms with van der Waals surface area (Å²) in [4.78, 5) is 11.6. The first kappa shape index (κ1) is 12.8. The van der Waals surface area contributed by atoms with Gasteiger partial charge in [-0.05, 0) is 12.8 Å². The van der Waals surface area contributed by atoms with Crippen LogP contribution in [0, 0.1) is 5.92 Å². The molecule has 1 aliphatic heterocycles. The normalized spacial score (nSPS) is 22.6. The molecule has 1 unspecified atom stereocenters. The molecule has 0 bridgehead atoms. The third-order valence-electron chi connectivity index (χ3n) is 2.78. The monoisotopic (exact) mass is 223 g/mol. The molecule has 0 fully saturated rings. The Morgan fingerprint density at radius 3 is 2.94 bits per heavy atom. The standard InChI is InChI=1S/C11H15NO2.C2H6/c1-12-11(13)9-6-7-14-10-5-3-2-4-8(9)10;1-2/h2,4,9H,3,5-7H2,1H3,(H,12,13);1-2H3. The Morgan fingerprint density at radius 2 is 2.25 bits per heavy atom. The summed E-state index contributed by atoms with van der Waals surface area (Å²) in [5.41, 5.74) is 1.09. The average Bonchev–Trinajstić information content (AvgIpc) is 2.39. The smallest absolute Gasteiger partial charge is 0.227 e. The quantitative estimate of drug-likeness (QED) is 0.741. The summed E-state index contributed by atoms with van der Waals surface area (Å²) in [7, 11) is 1.69. The summed E-state index contributed by atoms with van der Waals surface area (Å²) in [6, 6.07) is 0. The Morgan fingerprint density at radius 1 is 1.50 bits per heavy atom. The van der Waals surface area contributed by atoms with Crippen molar-refractivity contribution in [1.82, 2.24) is 5.32 Å². The van der Waals surface area contributed by atoms with Crippen molar-refractivity contribution in [3.8, 4) is 0 Å². The number of hydrogen-bond donors (Lipinski definition) is 1. The van der Waals surface area contributed by atoms with Crippen LogP contribution in [0.15, 0.2) is 23.5 Å². The first-order chi connectivity index (χ1) is 7.83. The predicted octanol–water partition coefficient (Wildman–Crippen LogP) is 2.40. The third kappa shape index (κ3) is 2.65. The highest BCUT2D eigenvalue weighted by Gasteiger charge is 2.28. The van der Waals surface area contributed by atoms with E-state index in [1.165, 1.54) is 0 Å². The van der Waals surface area contributed by atoms with Crippen LogP contribution >= 0.6 is 0 Å². The topological polar surface area (TPSA) is 38.3 Å². The summed E-state index contributed by atoms with van der Waals surface area (Å²) >= 11 is 0. The van der Waals surface area contributed by atoms with Gasteiger partial charge in [0.05, 0.1) is 12.5 Å². The Bertz CT molecular complexity index is 305. The lowest BCUT2D eigenvalue weighted by molar-refractivity contribution is -0.124. The lowest BCUT2D eigenvalue weighted by atomic mass is 9.88. The fraction of sp³-hybridized carbons (Fsp3) is 0.615. The Kier molecular flexibility index (Phi) is 5.09. The molecule has 1 aliphatic carbocycles. The highest BCUT2D eigenvalue weighted by atomic mass is 16.5. The van der Waals surface area contributed by atoms with Gasteiger partial charge in [0.25, 0.3) is 0 Å². The maximum atomic E-state index is 11.6. The maximum Gasteiger partial charge on any atom is 0.227 e. The molecule has 1 amide bonds. The van der Waals surface area contributed by atoms with Gasteiger partial charge in [0.15, 0.2) is 0 Å². The Labute approximate surface area is 97.6 Å². The Hall–Kier alpha value is -1.25. The summed E-state index contributed by atoms with van der Waals surface area (Å²) in [6.07, 6.45) is 6.92. The van der Waals surface area contributed by atoms with Gasteiger partial charge < -0.3 is 10.1 Å². The van der Waals surface area contributed by atoms with Gasteiger partial charge in [0.1, 0.15) is 5.76 Å². The number of rotatable bonds is 1. The van der Waals surface area contributed by atoms with Crippen LogP contribution in [-0.4, -0.2) is 19.6 Å². The van der Waals surface area contributed by atoms with Crippen molar-refractivity contribution in [3.05, 3.63) is 23.5 Å². The van der Waals surface area contributed by atoms with Crippen LogP contribution in [0.2, 0.25) is 0 Å². The van der Waals surface area contributed by atoms with Gasteiger partial charge in [-0.15, -0.1) is 0 Å². The molecule has 1 atom stereocenters. The van der Waals surface area contributed by atoms with Crippen molar-refractivity contribution in [2.45, 2.75) is 33.1 Å². The van der Waals surface area contributed by atoms with Crippen LogP contribution in [0.5, 0.6) is 0 Å². The summed E-state index contributed by atoms with van der Waals surface area (Å²) in [6.45, 7) is 4.67. The predicted molar refractivity (Wildman–Crippen MR) is 64.9 cm³/mol. The lowest BCUT2D eigenvalue weighted by Crippen LogP contribution is -2.32. The van der Waals surface area contributed by atoms with Crippen molar-refractivity contribution in [2.75, 3.05) is 13.7 Å². The van der Waals surface area contributed by atoms with Crippen LogP contribution in [0.25, 0.3) is 0 Å². The number of nitrogens with one attached hydrogen (secondary N) is 1. The van der Waals surface area contributed by atoms with Crippen molar-refractivity contribution >= 4 is 5.91 Å². The van der Waals surface area contributed by atoms with Gasteiger partial charge in [-0.2, -0.15) is 0 Å². The molecule has 3 nitrogen and oxygen atoms in total. The van der Waals surface area contributed by atoms with E-state index >= 15 is 0 Å². The molecule has 90 valence electrons. The van der Waals surface area contributed by atoms with Crippen LogP contribution in [0.4, 0.5) is 0 Å². The zero-order valence-corrected chi connectivity index (χ0v) is 10.4.